The summed E-state index contributed by atoms with van der Waals surface area (Å²) in [5.41, 5.74) is 9.02. The Labute approximate surface area is 154 Å². The number of aliphatic hydroxyl groups excluding tert-OH is 1. The summed E-state index contributed by atoms with van der Waals surface area (Å²) >= 11 is 0. The largest absolute Gasteiger partial charge is 0.394 e. The fraction of sp³-hybridized carbons (Fsp3) is 0.632. The molecule has 140 valence electrons. The Hall–Kier alpha value is -1.99. The van der Waals surface area contributed by atoms with Crippen LogP contribution in [0.1, 0.15) is 44.2 Å². The molecule has 2 heterocycles. The van der Waals surface area contributed by atoms with Crippen molar-refractivity contribution in [1.82, 2.24) is 19.7 Å². The van der Waals surface area contributed by atoms with Crippen LogP contribution < -0.4 is 11.1 Å². The maximum Gasteiger partial charge on any atom is 0.223 e. The van der Waals surface area contributed by atoms with E-state index in [1.807, 2.05) is 30.2 Å². The van der Waals surface area contributed by atoms with Crippen molar-refractivity contribution in [3.8, 4) is 11.3 Å². The molecule has 4 rings (SSSR count). The van der Waals surface area contributed by atoms with E-state index in [-0.39, 0.29) is 6.61 Å². The molecule has 0 aliphatic heterocycles. The summed E-state index contributed by atoms with van der Waals surface area (Å²) in [6.45, 7) is 0.0521. The fourth-order valence-corrected chi connectivity index (χ4v) is 3.77. The highest BCUT2D eigenvalue weighted by atomic mass is 16.3. The highest BCUT2D eigenvalue weighted by Crippen LogP contribution is 2.35. The summed E-state index contributed by atoms with van der Waals surface area (Å²) in [7, 11) is 2.00. The van der Waals surface area contributed by atoms with E-state index in [1.54, 1.807) is 0 Å². The molecule has 0 amide bonds. The van der Waals surface area contributed by atoms with Crippen LogP contribution in [-0.4, -0.2) is 43.0 Å². The lowest BCUT2D eigenvalue weighted by atomic mass is 9.81. The SMILES string of the molecule is Cn1ncc(-c2ccnc(NC3CCC(N)(CO)CC3)n2)c1CC1CC1. The molecule has 4 N–H and O–H groups in total. The number of aliphatic hydroxyl groups is 1. The van der Waals surface area contributed by atoms with Crippen LogP contribution in [0, 0.1) is 5.92 Å². The maximum atomic E-state index is 9.41. The van der Waals surface area contributed by atoms with Gasteiger partial charge in [0.05, 0.1) is 18.5 Å². The van der Waals surface area contributed by atoms with Crippen LogP contribution in [0.3, 0.4) is 0 Å². The van der Waals surface area contributed by atoms with E-state index in [0.29, 0.717) is 12.0 Å². The number of hydrogen-bond donors (Lipinski definition) is 3. The predicted octanol–water partition coefficient (Wildman–Crippen LogP) is 1.87. The normalized spacial score (nSPS) is 26.0. The summed E-state index contributed by atoms with van der Waals surface area (Å²) in [6.07, 6.45) is 10.9. The van der Waals surface area contributed by atoms with Crippen LogP contribution in [0.15, 0.2) is 18.5 Å². The number of rotatable bonds is 6. The quantitative estimate of drug-likeness (QED) is 0.730. The lowest BCUT2D eigenvalue weighted by Crippen LogP contribution is -2.48. The topological polar surface area (TPSA) is 102 Å². The average Bonchev–Trinajstić information content (AvgIpc) is 3.40. The van der Waals surface area contributed by atoms with Crippen LogP contribution in [0.4, 0.5) is 5.95 Å². The van der Waals surface area contributed by atoms with Crippen molar-refractivity contribution in [2.75, 3.05) is 11.9 Å². The second kappa shape index (κ2) is 6.96. The zero-order valence-electron chi connectivity index (χ0n) is 15.4. The first-order valence-corrected chi connectivity index (χ1v) is 9.57. The van der Waals surface area contributed by atoms with Gasteiger partial charge in [-0.25, -0.2) is 9.97 Å². The lowest BCUT2D eigenvalue weighted by molar-refractivity contribution is 0.152. The van der Waals surface area contributed by atoms with Gasteiger partial charge in [0.2, 0.25) is 5.95 Å². The Kier molecular flexibility index (Phi) is 4.67. The smallest absolute Gasteiger partial charge is 0.223 e. The minimum Gasteiger partial charge on any atom is -0.394 e. The molecule has 0 radical (unpaired) electrons. The molecule has 2 aromatic heterocycles. The van der Waals surface area contributed by atoms with Gasteiger partial charge in [-0.2, -0.15) is 5.10 Å². The highest BCUT2D eigenvalue weighted by molar-refractivity contribution is 5.62. The van der Waals surface area contributed by atoms with Gasteiger partial charge in [-0.1, -0.05) is 0 Å². The summed E-state index contributed by atoms with van der Waals surface area (Å²) in [5, 5.41) is 17.3. The van der Waals surface area contributed by atoms with Crippen molar-refractivity contribution in [2.45, 2.75) is 56.5 Å². The third-order valence-electron chi connectivity index (χ3n) is 5.80. The molecule has 0 aromatic carbocycles. The molecule has 2 aliphatic carbocycles. The molecule has 2 aliphatic rings. The van der Waals surface area contributed by atoms with Crippen LogP contribution >= 0.6 is 0 Å². The number of nitrogens with two attached hydrogens (primary N) is 1. The van der Waals surface area contributed by atoms with E-state index < -0.39 is 5.54 Å². The Bertz CT molecular complexity index is 761. The third-order valence-corrected chi connectivity index (χ3v) is 5.80. The zero-order chi connectivity index (χ0) is 18.1. The van der Waals surface area contributed by atoms with Crippen molar-refractivity contribution in [3.63, 3.8) is 0 Å². The predicted molar refractivity (Wildman–Crippen MR) is 101 cm³/mol. The Balaban J connectivity index is 1.47. The Morgan fingerprint density at radius 3 is 2.77 bits per heavy atom. The Morgan fingerprint density at radius 2 is 2.08 bits per heavy atom. The molecule has 0 bridgehead atoms. The average molecular weight is 356 g/mol. The lowest BCUT2D eigenvalue weighted by Gasteiger charge is -2.35. The van der Waals surface area contributed by atoms with Gasteiger partial charge >= 0.3 is 0 Å². The first kappa shape index (κ1) is 17.4. The number of anilines is 1. The monoisotopic (exact) mass is 356 g/mol. The summed E-state index contributed by atoms with van der Waals surface area (Å²) in [6, 6.07) is 2.25. The van der Waals surface area contributed by atoms with E-state index >= 15 is 0 Å². The number of aromatic nitrogens is 4. The third kappa shape index (κ3) is 3.73. The highest BCUT2D eigenvalue weighted by Gasteiger charge is 2.31. The molecule has 0 spiro atoms. The molecular weight excluding hydrogens is 328 g/mol. The van der Waals surface area contributed by atoms with Gasteiger partial charge in [-0.05, 0) is 56.9 Å². The minimum absolute atomic E-state index is 0.0521. The first-order valence-electron chi connectivity index (χ1n) is 9.57. The molecule has 2 aromatic rings. The van der Waals surface area contributed by atoms with E-state index in [2.05, 4.69) is 15.4 Å². The molecule has 2 saturated carbocycles. The van der Waals surface area contributed by atoms with E-state index in [1.165, 1.54) is 18.5 Å². The summed E-state index contributed by atoms with van der Waals surface area (Å²) in [5.74, 6) is 1.45. The number of nitrogens with zero attached hydrogens (tertiary/aromatic N) is 4. The van der Waals surface area contributed by atoms with Crippen LogP contribution in [0.2, 0.25) is 0 Å². The molecule has 2 fully saturated rings. The molecule has 7 heteroatoms. The minimum atomic E-state index is -0.422. The summed E-state index contributed by atoms with van der Waals surface area (Å²) < 4.78 is 1.97. The van der Waals surface area contributed by atoms with Crippen LogP contribution in [-0.2, 0) is 13.5 Å². The Morgan fingerprint density at radius 1 is 1.31 bits per heavy atom. The van der Waals surface area contributed by atoms with Gasteiger partial charge in [0, 0.05) is 36.1 Å². The van der Waals surface area contributed by atoms with Crippen molar-refractivity contribution in [3.05, 3.63) is 24.2 Å². The van der Waals surface area contributed by atoms with Crippen LogP contribution in [0.25, 0.3) is 11.3 Å². The number of hydrogen-bond acceptors (Lipinski definition) is 6. The van der Waals surface area contributed by atoms with Crippen molar-refractivity contribution in [1.29, 1.82) is 0 Å². The molecular formula is C19H28N6O. The van der Waals surface area contributed by atoms with Gasteiger partial charge in [-0.15, -0.1) is 0 Å². The van der Waals surface area contributed by atoms with Gasteiger partial charge in [0.15, 0.2) is 0 Å². The number of nitrogens with one attached hydrogen (secondary N) is 1. The van der Waals surface area contributed by atoms with Crippen molar-refractivity contribution in [2.24, 2.45) is 18.7 Å². The molecule has 26 heavy (non-hydrogen) atoms. The van der Waals surface area contributed by atoms with Gasteiger partial charge in [0.25, 0.3) is 0 Å². The van der Waals surface area contributed by atoms with Gasteiger partial charge in [-0.3, -0.25) is 4.68 Å². The van der Waals surface area contributed by atoms with E-state index in [4.69, 9.17) is 10.7 Å². The molecule has 0 saturated heterocycles. The van der Waals surface area contributed by atoms with Gasteiger partial charge in [0.1, 0.15) is 0 Å². The van der Waals surface area contributed by atoms with Crippen LogP contribution in [0.5, 0.6) is 0 Å². The van der Waals surface area contributed by atoms with Crippen molar-refractivity contribution >= 4 is 5.95 Å². The van der Waals surface area contributed by atoms with E-state index in [0.717, 1.165) is 49.3 Å². The standard InChI is InChI=1S/C19H28N6O/c1-25-17(10-13-2-3-13)15(11-22-25)16-6-9-21-18(24-16)23-14-4-7-19(20,12-26)8-5-14/h6,9,11,13-14,26H,2-5,7-8,10,12,20H2,1H3,(H,21,23,24). The second-order valence-electron chi connectivity index (χ2n) is 7.98. The van der Waals surface area contributed by atoms with E-state index in [9.17, 15) is 5.11 Å². The summed E-state index contributed by atoms with van der Waals surface area (Å²) in [4.78, 5) is 9.13. The van der Waals surface area contributed by atoms with Crippen molar-refractivity contribution < 1.29 is 5.11 Å². The molecule has 0 atom stereocenters. The fourth-order valence-electron chi connectivity index (χ4n) is 3.77. The van der Waals surface area contributed by atoms with Gasteiger partial charge < -0.3 is 16.2 Å². The zero-order valence-corrected chi connectivity index (χ0v) is 15.4. The second-order valence-corrected chi connectivity index (χ2v) is 7.98. The maximum absolute atomic E-state index is 9.41. The molecule has 7 nitrogen and oxygen atoms in total. The number of aryl methyl sites for hydroxylation is 1. The molecule has 0 unspecified atom stereocenters. The first-order chi connectivity index (χ1) is 12.6.